The fraction of sp³-hybridized carbons (Fsp3) is 0.0943. The van der Waals surface area contributed by atoms with Crippen LogP contribution in [-0.2, 0) is 0 Å². The first-order valence-electron chi connectivity index (χ1n) is 20.2. The summed E-state index contributed by atoms with van der Waals surface area (Å²) >= 11 is 0. The number of nitrogens with zero attached hydrogens (tertiary/aromatic N) is 2. The SMILES string of the molecule is Cc1cc(-c2cc(F)ccc2OCCCOc2ccc(F)cc2-c2cc(C)cc(-n3c4ccccc4c4ccccc43)c2O)c(O)c(-n2c3ccccc3c3ccccc32)c1. The van der Waals surface area contributed by atoms with Gasteiger partial charge in [-0.3, -0.25) is 0 Å². The number of halogens is 2. The fourth-order valence-corrected chi connectivity index (χ4v) is 8.74. The van der Waals surface area contributed by atoms with E-state index in [2.05, 4.69) is 24.3 Å². The van der Waals surface area contributed by atoms with Gasteiger partial charge in [0.15, 0.2) is 0 Å². The quantitative estimate of drug-likeness (QED) is 0.135. The second kappa shape index (κ2) is 15.2. The molecule has 300 valence electrons. The van der Waals surface area contributed by atoms with Crippen molar-refractivity contribution >= 4 is 43.6 Å². The Morgan fingerprint density at radius 3 is 1.13 bits per heavy atom. The highest BCUT2D eigenvalue weighted by Gasteiger charge is 2.22. The summed E-state index contributed by atoms with van der Waals surface area (Å²) in [6.07, 6.45) is 0.423. The number of phenols is 2. The van der Waals surface area contributed by atoms with Crippen LogP contribution in [0.5, 0.6) is 23.0 Å². The van der Waals surface area contributed by atoms with Crippen LogP contribution < -0.4 is 9.47 Å². The molecule has 2 aromatic heterocycles. The van der Waals surface area contributed by atoms with E-state index in [4.69, 9.17) is 9.47 Å². The molecule has 0 aliphatic carbocycles. The Balaban J connectivity index is 0.924. The Labute approximate surface area is 350 Å². The number of hydrogen-bond donors (Lipinski definition) is 2. The summed E-state index contributed by atoms with van der Waals surface area (Å²) in [5.41, 5.74) is 8.39. The minimum absolute atomic E-state index is 0.000404. The molecule has 6 nitrogen and oxygen atoms in total. The van der Waals surface area contributed by atoms with Crippen LogP contribution in [0.3, 0.4) is 0 Å². The number of fused-ring (bicyclic) bond motifs is 6. The summed E-state index contributed by atoms with van der Waals surface area (Å²) in [6, 6.07) is 48.4. The average Bonchev–Trinajstić information content (AvgIpc) is 3.79. The minimum atomic E-state index is -0.463. The van der Waals surface area contributed by atoms with Crippen LogP contribution >= 0.6 is 0 Å². The van der Waals surface area contributed by atoms with E-state index in [0.717, 1.165) is 54.7 Å². The Kier molecular flexibility index (Phi) is 9.40. The van der Waals surface area contributed by atoms with Crippen LogP contribution in [0.25, 0.3) is 77.2 Å². The van der Waals surface area contributed by atoms with E-state index in [0.29, 0.717) is 51.5 Å². The molecular formula is C53H40F2N2O4. The van der Waals surface area contributed by atoms with Crippen molar-refractivity contribution in [1.82, 2.24) is 9.13 Å². The number of benzene rings is 8. The van der Waals surface area contributed by atoms with E-state index in [-0.39, 0.29) is 24.7 Å². The number of aromatic hydroxyl groups is 2. The molecule has 0 radical (unpaired) electrons. The average molecular weight is 807 g/mol. The Morgan fingerprint density at radius 1 is 0.426 bits per heavy atom. The largest absolute Gasteiger partial charge is 0.505 e. The first-order chi connectivity index (χ1) is 29.7. The highest BCUT2D eigenvalue weighted by atomic mass is 19.1. The van der Waals surface area contributed by atoms with Gasteiger partial charge in [-0.15, -0.1) is 0 Å². The lowest BCUT2D eigenvalue weighted by Gasteiger charge is -2.18. The van der Waals surface area contributed by atoms with E-state index in [1.165, 1.54) is 24.3 Å². The molecule has 10 aromatic rings. The molecule has 0 spiro atoms. The number of aromatic nitrogens is 2. The van der Waals surface area contributed by atoms with Gasteiger partial charge < -0.3 is 28.8 Å². The zero-order valence-electron chi connectivity index (χ0n) is 33.5. The van der Waals surface area contributed by atoms with E-state index >= 15 is 0 Å². The summed E-state index contributed by atoms with van der Waals surface area (Å²) in [6.45, 7) is 4.30. The molecule has 0 aliphatic rings. The number of ether oxygens (including phenoxy) is 2. The predicted octanol–water partition coefficient (Wildman–Crippen LogP) is 13.4. The van der Waals surface area contributed by atoms with Gasteiger partial charge in [0.1, 0.15) is 34.6 Å². The summed E-state index contributed by atoms with van der Waals surface area (Å²) in [4.78, 5) is 0. The Bertz CT molecular complexity index is 3000. The van der Waals surface area contributed by atoms with E-state index < -0.39 is 11.6 Å². The molecule has 0 bridgehead atoms. The molecular weight excluding hydrogens is 767 g/mol. The van der Waals surface area contributed by atoms with Crippen LogP contribution in [0.1, 0.15) is 17.5 Å². The number of hydrogen-bond acceptors (Lipinski definition) is 4. The predicted molar refractivity (Wildman–Crippen MR) is 241 cm³/mol. The third-order valence-corrected chi connectivity index (χ3v) is 11.4. The highest BCUT2D eigenvalue weighted by Crippen LogP contribution is 2.45. The van der Waals surface area contributed by atoms with E-state index in [1.807, 2.05) is 120 Å². The molecule has 0 aliphatic heterocycles. The molecule has 8 aromatic carbocycles. The molecule has 8 heteroatoms. The minimum Gasteiger partial charge on any atom is -0.505 e. The molecule has 0 amide bonds. The third kappa shape index (κ3) is 6.57. The summed E-state index contributed by atoms with van der Waals surface area (Å²) in [7, 11) is 0. The van der Waals surface area contributed by atoms with Crippen molar-refractivity contribution in [2.24, 2.45) is 0 Å². The van der Waals surface area contributed by atoms with Crippen molar-refractivity contribution in [2.75, 3.05) is 13.2 Å². The van der Waals surface area contributed by atoms with Crippen molar-refractivity contribution in [3.05, 3.63) is 180 Å². The molecule has 2 heterocycles. The van der Waals surface area contributed by atoms with Gasteiger partial charge in [-0.25, -0.2) is 8.78 Å². The maximum atomic E-state index is 15.0. The Morgan fingerprint density at radius 2 is 0.770 bits per heavy atom. The monoisotopic (exact) mass is 806 g/mol. The summed E-state index contributed by atoms with van der Waals surface area (Å²) < 4.78 is 46.6. The molecule has 2 N–H and O–H groups in total. The van der Waals surface area contributed by atoms with Crippen LogP contribution in [0.15, 0.2) is 158 Å². The third-order valence-electron chi connectivity index (χ3n) is 11.4. The second-order valence-corrected chi connectivity index (χ2v) is 15.4. The maximum absolute atomic E-state index is 15.0. The fourth-order valence-electron chi connectivity index (χ4n) is 8.74. The zero-order chi connectivity index (χ0) is 41.8. The van der Waals surface area contributed by atoms with E-state index in [1.54, 1.807) is 12.1 Å². The second-order valence-electron chi connectivity index (χ2n) is 15.4. The first kappa shape index (κ1) is 37.7. The van der Waals surface area contributed by atoms with Gasteiger partial charge in [-0.1, -0.05) is 72.8 Å². The number of phenolic OH excluding ortho intramolecular Hbond substituents is 2. The lowest BCUT2D eigenvalue weighted by Crippen LogP contribution is -2.07. The van der Waals surface area contributed by atoms with Gasteiger partial charge >= 0.3 is 0 Å². The number of para-hydroxylation sites is 4. The summed E-state index contributed by atoms with van der Waals surface area (Å²) in [5, 5.41) is 28.2. The van der Waals surface area contributed by atoms with Crippen LogP contribution in [-0.4, -0.2) is 32.6 Å². The lowest BCUT2D eigenvalue weighted by atomic mass is 9.99. The van der Waals surface area contributed by atoms with Crippen molar-refractivity contribution < 1.29 is 28.5 Å². The molecule has 61 heavy (non-hydrogen) atoms. The first-order valence-corrected chi connectivity index (χ1v) is 20.2. The molecule has 10 rings (SSSR count). The number of rotatable bonds is 10. The van der Waals surface area contributed by atoms with Gasteiger partial charge in [0.2, 0.25) is 0 Å². The van der Waals surface area contributed by atoms with Crippen LogP contribution in [0.4, 0.5) is 8.78 Å². The molecule has 0 saturated carbocycles. The number of aryl methyl sites for hydroxylation is 2. The van der Waals surface area contributed by atoms with Gasteiger partial charge in [-0.05, 0) is 110 Å². The Hall–Kier alpha value is -7.58. The highest BCUT2D eigenvalue weighted by molar-refractivity contribution is 6.10. The van der Waals surface area contributed by atoms with Gasteiger partial charge in [0.05, 0.1) is 46.7 Å². The van der Waals surface area contributed by atoms with Crippen LogP contribution in [0.2, 0.25) is 0 Å². The zero-order valence-corrected chi connectivity index (χ0v) is 33.5. The molecule has 0 fully saturated rings. The van der Waals surface area contributed by atoms with Gasteiger partial charge in [0.25, 0.3) is 0 Å². The van der Waals surface area contributed by atoms with Crippen molar-refractivity contribution in [2.45, 2.75) is 20.3 Å². The maximum Gasteiger partial charge on any atom is 0.147 e. The van der Waals surface area contributed by atoms with Gasteiger partial charge in [-0.2, -0.15) is 0 Å². The van der Waals surface area contributed by atoms with Crippen molar-refractivity contribution in [1.29, 1.82) is 0 Å². The van der Waals surface area contributed by atoms with Crippen molar-refractivity contribution in [3.8, 4) is 56.6 Å². The summed E-state index contributed by atoms with van der Waals surface area (Å²) in [5.74, 6) is -0.120. The van der Waals surface area contributed by atoms with Crippen LogP contribution in [0, 0.1) is 25.5 Å². The standard InChI is InChI=1S/C53H40F2N2O4/c1-32-26-42(52(58)48(28-32)56-44-16-7-3-12-36(44)37-13-4-8-17-45(37)56)40-30-34(54)20-22-50(40)60-24-11-25-61-51-23-21-35(55)31-41(51)43-27-33(2)29-49(53(43)59)57-46-18-9-5-14-38(46)39-15-6-10-19-47(39)57/h3-10,12-23,26-31,58-59H,11,24-25H2,1-2H3. The topological polar surface area (TPSA) is 68.8 Å². The molecule has 0 atom stereocenters. The van der Waals surface area contributed by atoms with E-state index in [9.17, 15) is 19.0 Å². The normalized spacial score (nSPS) is 11.6. The van der Waals surface area contributed by atoms with Gasteiger partial charge in [0, 0.05) is 50.2 Å². The lowest BCUT2D eigenvalue weighted by molar-refractivity contribution is 0.248. The van der Waals surface area contributed by atoms with Crippen molar-refractivity contribution in [3.63, 3.8) is 0 Å². The molecule has 0 unspecified atom stereocenters. The molecule has 0 saturated heterocycles. The smallest absolute Gasteiger partial charge is 0.147 e.